The van der Waals surface area contributed by atoms with Crippen molar-refractivity contribution in [2.45, 2.75) is 86.1 Å². The summed E-state index contributed by atoms with van der Waals surface area (Å²) in [5.74, 6) is 3.24. The number of hydrogen-bond donors (Lipinski definition) is 0. The topological polar surface area (TPSA) is 26.1 Å². The Bertz CT molecular complexity index is 1690. The Morgan fingerprint density at radius 2 is 1.18 bits per heavy atom. The third kappa shape index (κ3) is 6.97. The third-order valence-corrected chi connectivity index (χ3v) is 11.1. The molecule has 0 amide bonds. The molecule has 4 heteroatoms. The lowest BCUT2D eigenvalue weighted by Gasteiger charge is -2.18. The van der Waals surface area contributed by atoms with Crippen molar-refractivity contribution < 1.29 is 4.74 Å². The van der Waals surface area contributed by atoms with Gasteiger partial charge in [0.15, 0.2) is 11.8 Å². The Morgan fingerprint density at radius 1 is 0.705 bits per heavy atom. The lowest BCUT2D eigenvalue weighted by Crippen LogP contribution is -2.29. The number of hydrogen-bond acceptors (Lipinski definition) is 3. The molecule has 0 spiro atoms. The van der Waals surface area contributed by atoms with Gasteiger partial charge in [0.05, 0.1) is 0 Å². The number of thioether (sulfide) groups is 2. The zero-order chi connectivity index (χ0) is 31.8. The van der Waals surface area contributed by atoms with Crippen LogP contribution in [0.5, 0.6) is 0 Å². The molecule has 230 valence electrons. The number of nitrogens with zero attached hydrogens (tertiary/aromatic N) is 1. The van der Waals surface area contributed by atoms with E-state index >= 15 is 0 Å². The van der Waals surface area contributed by atoms with Crippen molar-refractivity contribution in [3.05, 3.63) is 102 Å². The molecule has 1 aliphatic heterocycles. The molecule has 1 heterocycles. The van der Waals surface area contributed by atoms with E-state index in [0.29, 0.717) is 11.8 Å². The van der Waals surface area contributed by atoms with E-state index in [1.165, 1.54) is 72.2 Å². The van der Waals surface area contributed by atoms with Gasteiger partial charge in [-0.15, -0.1) is 23.5 Å². The second kappa shape index (κ2) is 13.2. The molecular weight excluding hydrogens is 575 g/mol. The summed E-state index contributed by atoms with van der Waals surface area (Å²) in [5.41, 5.74) is 14.3. The summed E-state index contributed by atoms with van der Waals surface area (Å²) < 4.78 is 2.51. The van der Waals surface area contributed by atoms with E-state index in [-0.39, 0.29) is 0 Å². The molecule has 1 saturated heterocycles. The predicted molar refractivity (Wildman–Crippen MR) is 199 cm³/mol. The van der Waals surface area contributed by atoms with Gasteiger partial charge in [0, 0.05) is 30.6 Å². The Kier molecular flexibility index (Phi) is 9.72. The monoisotopic (exact) mass is 621 g/mol. The summed E-state index contributed by atoms with van der Waals surface area (Å²) in [5, 5.41) is 13.1. The van der Waals surface area contributed by atoms with Crippen molar-refractivity contribution in [3.8, 4) is 22.3 Å². The maximum Gasteiger partial charge on any atom is 0.182 e. The summed E-state index contributed by atoms with van der Waals surface area (Å²) in [7, 11) is 0. The summed E-state index contributed by atoms with van der Waals surface area (Å²) in [6.07, 6.45) is 10.0. The van der Waals surface area contributed by atoms with Gasteiger partial charge in [-0.1, -0.05) is 76.2 Å². The number of hydroxylamine groups is 1. The Labute approximate surface area is 274 Å². The van der Waals surface area contributed by atoms with Gasteiger partial charge in [-0.2, -0.15) is 0 Å². The molecule has 0 aromatic rings. The van der Waals surface area contributed by atoms with Crippen LogP contribution < -0.4 is 0 Å². The third-order valence-electron chi connectivity index (χ3n) is 8.57. The first-order chi connectivity index (χ1) is 20.8. The molecule has 4 aliphatic carbocycles. The smallest absolute Gasteiger partial charge is 0.182 e. The molecule has 0 radical (unpaired) electrons. The van der Waals surface area contributed by atoms with E-state index < -0.39 is 5.54 Å². The maximum atomic E-state index is 13.1. The first-order valence-corrected chi connectivity index (χ1v) is 17.9. The number of aryl methyl sites for hydroxylation is 2. The zero-order valence-electron chi connectivity index (χ0n) is 27.9. The summed E-state index contributed by atoms with van der Waals surface area (Å²) in [6, 6.07) is 18.3. The molecule has 0 atom stereocenters. The zero-order valence-corrected chi connectivity index (χ0v) is 29.5. The second-order valence-corrected chi connectivity index (χ2v) is 16.3. The van der Waals surface area contributed by atoms with Crippen molar-refractivity contribution in [2.75, 3.05) is 11.5 Å². The van der Waals surface area contributed by atoms with Crippen LogP contribution in [0.4, 0.5) is 0 Å². The minimum Gasteiger partial charge on any atom is -0.623 e. The fraction of sp³-hybridized carbons (Fsp3) is 0.375. The Hall–Kier alpha value is -2.95. The van der Waals surface area contributed by atoms with E-state index in [1.54, 1.807) is 6.21 Å². The highest BCUT2D eigenvalue weighted by atomic mass is 32.2. The van der Waals surface area contributed by atoms with E-state index in [9.17, 15) is 5.21 Å². The van der Waals surface area contributed by atoms with E-state index in [1.807, 2.05) is 44.3 Å². The fourth-order valence-corrected chi connectivity index (χ4v) is 8.24. The van der Waals surface area contributed by atoms with Crippen molar-refractivity contribution in [1.29, 1.82) is 0 Å². The lowest BCUT2D eigenvalue weighted by molar-refractivity contribution is -0.530. The van der Waals surface area contributed by atoms with Crippen LogP contribution in [-0.2, 0) is 0 Å². The molecule has 44 heavy (non-hydrogen) atoms. The van der Waals surface area contributed by atoms with Crippen LogP contribution in [0.3, 0.4) is 0 Å². The first-order valence-electron chi connectivity index (χ1n) is 15.9. The molecule has 5 aliphatic rings. The van der Waals surface area contributed by atoms with Crippen LogP contribution >= 0.6 is 23.5 Å². The molecule has 0 aromatic carbocycles. The quantitative estimate of drug-likeness (QED) is 0.0927. The highest BCUT2D eigenvalue weighted by Gasteiger charge is 2.23. The van der Waals surface area contributed by atoms with E-state index in [4.69, 9.17) is 0 Å². The SMILES string of the molecule is Cc1ccc(C(C)C)cc2c(C=C3SCCCS3)cc(/C=C/c3cc(/C=[N+](\[O-])C(C)(C)C)c4cc(C(C)C)ccc(C)c3-4)c1-2. The van der Waals surface area contributed by atoms with Crippen molar-refractivity contribution in [3.63, 3.8) is 0 Å². The molecule has 2 nitrogen and oxygen atoms in total. The van der Waals surface area contributed by atoms with Gasteiger partial charge in [-0.3, -0.25) is 0 Å². The van der Waals surface area contributed by atoms with Crippen molar-refractivity contribution in [1.82, 2.24) is 0 Å². The second-order valence-electron chi connectivity index (χ2n) is 13.8. The predicted octanol–water partition coefficient (Wildman–Crippen LogP) is 11.8. The summed E-state index contributed by atoms with van der Waals surface area (Å²) in [4.78, 5) is 0. The molecule has 1 fully saturated rings. The van der Waals surface area contributed by atoms with Crippen molar-refractivity contribution >= 4 is 48.0 Å². The molecule has 0 N–H and O–H groups in total. The first kappa shape index (κ1) is 32.4. The van der Waals surface area contributed by atoms with Gasteiger partial charge in [0.1, 0.15) is 0 Å². The average molecular weight is 622 g/mol. The van der Waals surface area contributed by atoms with Crippen LogP contribution in [0, 0.1) is 19.1 Å². The Balaban J connectivity index is 1.69. The molecule has 0 bridgehead atoms. The van der Waals surface area contributed by atoms with Crippen LogP contribution in [0.1, 0.15) is 111 Å². The average Bonchev–Trinajstić information content (AvgIpc) is 3.33. The Morgan fingerprint density at radius 3 is 1.66 bits per heavy atom. The standard InChI is InChI=1S/C40H47NOS2/c1-25(2)29-13-11-27(5)38-31(19-33(35(38)21-29)23-37-43-17-10-18-44-37)15-16-32-20-34(24-41(42)40(7,8)9)36-22-30(26(3)4)14-12-28(6)39(32)36/h11-16,19-26H,10,17-18H2,1-9H3/b16-15+,41-24-. The summed E-state index contributed by atoms with van der Waals surface area (Å²) >= 11 is 3.97. The minimum atomic E-state index is -0.512. The molecule has 0 saturated carbocycles. The highest BCUT2D eigenvalue weighted by molar-refractivity contribution is 8.23. The molecule has 0 aromatic heterocycles. The van der Waals surface area contributed by atoms with Crippen LogP contribution in [0.15, 0.2) is 52.8 Å². The van der Waals surface area contributed by atoms with Crippen molar-refractivity contribution in [2.24, 2.45) is 0 Å². The fourth-order valence-electron chi connectivity index (χ4n) is 5.83. The minimum absolute atomic E-state index is 0.390. The van der Waals surface area contributed by atoms with Gasteiger partial charge >= 0.3 is 0 Å². The van der Waals surface area contributed by atoms with Gasteiger partial charge in [0.25, 0.3) is 0 Å². The van der Waals surface area contributed by atoms with Gasteiger partial charge in [-0.25, -0.2) is 4.74 Å². The van der Waals surface area contributed by atoms with Gasteiger partial charge in [0.2, 0.25) is 0 Å². The normalized spacial score (nSPS) is 15.0. The summed E-state index contributed by atoms with van der Waals surface area (Å²) in [6.45, 7) is 19.3. The molecule has 5 rings (SSSR count). The highest BCUT2D eigenvalue weighted by Crippen LogP contribution is 2.43. The van der Waals surface area contributed by atoms with Gasteiger partial charge < -0.3 is 5.21 Å². The number of fused-ring (bicyclic) bond motifs is 2. The molecular formula is C40H47NOS2. The number of rotatable bonds is 6. The maximum absolute atomic E-state index is 13.1. The van der Waals surface area contributed by atoms with Gasteiger partial charge in [-0.05, 0) is 123 Å². The lowest BCUT2D eigenvalue weighted by atomic mass is 9.99. The van der Waals surface area contributed by atoms with E-state index in [2.05, 4.69) is 108 Å². The van der Waals surface area contributed by atoms with Crippen LogP contribution in [0.2, 0.25) is 0 Å². The van der Waals surface area contributed by atoms with Crippen LogP contribution in [0.25, 0.3) is 40.5 Å². The molecule has 0 unspecified atom stereocenters. The van der Waals surface area contributed by atoms with E-state index in [0.717, 1.165) is 21.4 Å². The largest absolute Gasteiger partial charge is 0.623 e. The van der Waals surface area contributed by atoms with Crippen LogP contribution in [-0.4, -0.2) is 28.0 Å².